The van der Waals surface area contributed by atoms with Gasteiger partial charge in [-0.15, -0.1) is 0 Å². The van der Waals surface area contributed by atoms with Crippen molar-refractivity contribution in [2.75, 3.05) is 15.6 Å². The Morgan fingerprint density at radius 2 is 1.36 bits per heavy atom. The van der Waals surface area contributed by atoms with Crippen molar-refractivity contribution in [1.82, 2.24) is 5.01 Å². The summed E-state index contributed by atoms with van der Waals surface area (Å²) in [6.45, 7) is 0. The molecule has 0 aromatic heterocycles. The van der Waals surface area contributed by atoms with Crippen LogP contribution in [-0.4, -0.2) is 33.7 Å². The molecule has 3 N–H and O–H groups in total. The van der Waals surface area contributed by atoms with Gasteiger partial charge in [0.25, 0.3) is 11.8 Å². The van der Waals surface area contributed by atoms with Crippen LogP contribution in [0.4, 0.5) is 27.1 Å². The molecule has 2 heterocycles. The molecule has 0 spiro atoms. The zero-order valence-electron chi connectivity index (χ0n) is 29.2. The van der Waals surface area contributed by atoms with Crippen LogP contribution in [0, 0.1) is 29.5 Å². The number of nitrogens with zero attached hydrogens (tertiary/aromatic N) is 2. The number of fused-ring (bicyclic) bond motifs is 4. The van der Waals surface area contributed by atoms with Gasteiger partial charge >= 0.3 is 0 Å². The van der Waals surface area contributed by atoms with E-state index in [1.807, 2.05) is 48.5 Å². The van der Waals surface area contributed by atoms with Crippen LogP contribution in [-0.2, 0) is 24.6 Å². The quantitative estimate of drug-likeness (QED) is 0.114. The van der Waals surface area contributed by atoms with Crippen molar-refractivity contribution in [3.63, 3.8) is 0 Å². The normalized spacial score (nSPS) is 25.6. The fourth-order valence-corrected chi connectivity index (χ4v) is 9.49. The standard InChI is InChI=1S/C44H34ClFN4O5/c45-26-12-10-25(11-13-26)44-36(41(53)50(43(44)55)48-30-16-14-27(46)15-17-30)24-35-32(39(44)33-8-4-5-9-37(33)51)22-23-34-38(35)42(54)49(40(34)52)31-20-18-29(19-21-31)47-28-6-2-1-3-7-28/h1-22,34-36,38-39,47-48,51H,23-24H2/t34-,35+,36-,38-,39+,44+/m0/s1. The second-order valence-corrected chi connectivity index (χ2v) is 14.9. The number of hydrazine groups is 1. The summed E-state index contributed by atoms with van der Waals surface area (Å²) in [5.74, 6) is -6.40. The Hall–Kier alpha value is -6.26. The van der Waals surface area contributed by atoms with Crippen LogP contribution in [0.1, 0.15) is 29.9 Å². The minimum absolute atomic E-state index is 0.0758. The number of allylic oxidation sites excluding steroid dienone is 2. The lowest BCUT2D eigenvalue weighted by Gasteiger charge is -2.50. The second-order valence-electron chi connectivity index (χ2n) is 14.5. The predicted octanol–water partition coefficient (Wildman–Crippen LogP) is 8.12. The van der Waals surface area contributed by atoms with Crippen molar-refractivity contribution in [2.24, 2.45) is 23.7 Å². The molecule has 3 fully saturated rings. The highest BCUT2D eigenvalue weighted by Crippen LogP contribution is 2.65. The van der Waals surface area contributed by atoms with Crippen molar-refractivity contribution in [3.8, 4) is 5.75 Å². The van der Waals surface area contributed by atoms with E-state index in [1.54, 1.807) is 54.6 Å². The summed E-state index contributed by atoms with van der Waals surface area (Å²) in [6, 6.07) is 35.5. The van der Waals surface area contributed by atoms with Gasteiger partial charge in [-0.3, -0.25) is 29.5 Å². The maximum absolute atomic E-state index is 15.2. The molecule has 2 aliphatic heterocycles. The first-order valence-corrected chi connectivity index (χ1v) is 18.5. The summed E-state index contributed by atoms with van der Waals surface area (Å²) >= 11 is 6.36. The van der Waals surface area contributed by atoms with E-state index in [-0.39, 0.29) is 30.4 Å². The van der Waals surface area contributed by atoms with Crippen LogP contribution in [0.5, 0.6) is 5.75 Å². The number of carbonyl (C=O) groups is 4. The molecule has 6 atom stereocenters. The van der Waals surface area contributed by atoms with Gasteiger partial charge in [-0.2, -0.15) is 5.01 Å². The zero-order chi connectivity index (χ0) is 38.0. The monoisotopic (exact) mass is 752 g/mol. The number of aromatic hydroxyl groups is 1. The largest absolute Gasteiger partial charge is 0.508 e. The van der Waals surface area contributed by atoms with E-state index in [9.17, 15) is 23.9 Å². The van der Waals surface area contributed by atoms with Gasteiger partial charge in [0, 0.05) is 27.9 Å². The molecule has 11 heteroatoms. The summed E-state index contributed by atoms with van der Waals surface area (Å²) in [5, 5.41) is 16.2. The van der Waals surface area contributed by atoms with Gasteiger partial charge in [0.1, 0.15) is 11.6 Å². The number of hydrogen-bond acceptors (Lipinski definition) is 7. The van der Waals surface area contributed by atoms with Crippen LogP contribution in [0.2, 0.25) is 5.02 Å². The molecular weight excluding hydrogens is 719 g/mol. The Morgan fingerprint density at radius 1 is 0.709 bits per heavy atom. The number of phenolic OH excluding ortho intramolecular Hbond substituents is 1. The number of nitrogens with one attached hydrogen (secondary N) is 2. The Balaban J connectivity index is 1.15. The lowest BCUT2D eigenvalue weighted by molar-refractivity contribution is -0.138. The molecule has 4 amide bonds. The number of carbonyl (C=O) groups excluding carboxylic acids is 4. The van der Waals surface area contributed by atoms with Gasteiger partial charge in [-0.1, -0.05) is 71.8 Å². The Bertz CT molecular complexity index is 2390. The molecule has 9 rings (SSSR count). The number of para-hydroxylation sites is 2. The zero-order valence-corrected chi connectivity index (χ0v) is 30.0. The first kappa shape index (κ1) is 34.5. The minimum atomic E-state index is -1.59. The van der Waals surface area contributed by atoms with Crippen molar-refractivity contribution >= 4 is 58.0 Å². The van der Waals surface area contributed by atoms with Crippen molar-refractivity contribution in [3.05, 3.63) is 161 Å². The van der Waals surface area contributed by atoms with Crippen LogP contribution in [0.3, 0.4) is 0 Å². The molecule has 5 aromatic carbocycles. The molecule has 0 bridgehead atoms. The number of rotatable bonds is 7. The van der Waals surface area contributed by atoms with Crippen molar-refractivity contribution < 1.29 is 28.7 Å². The third kappa shape index (κ3) is 5.42. The highest BCUT2D eigenvalue weighted by molar-refractivity contribution is 6.30. The van der Waals surface area contributed by atoms with Crippen LogP contribution < -0.4 is 15.6 Å². The van der Waals surface area contributed by atoms with E-state index in [0.717, 1.165) is 16.4 Å². The summed E-state index contributed by atoms with van der Waals surface area (Å²) in [5.41, 5.74) is 5.42. The molecule has 9 nitrogen and oxygen atoms in total. The molecule has 4 aliphatic rings. The van der Waals surface area contributed by atoms with Gasteiger partial charge in [0.2, 0.25) is 11.8 Å². The SMILES string of the molecule is O=C1[C@@H]2C[C@@H]3C(=CC[C@@H]4C(=O)N(c5ccc(Nc6ccccc6)cc5)C(=O)[C@@H]43)[C@H](c3ccccc3O)[C@]2(c2ccc(Cl)cc2)C(=O)N1Nc1ccc(F)cc1. The Morgan fingerprint density at radius 3 is 2.07 bits per heavy atom. The van der Waals surface area contributed by atoms with Crippen molar-refractivity contribution in [2.45, 2.75) is 24.2 Å². The number of phenols is 1. The van der Waals surface area contributed by atoms with E-state index >= 15 is 4.79 Å². The third-order valence-electron chi connectivity index (χ3n) is 11.7. The molecule has 1 saturated carbocycles. The fraction of sp³-hybridized carbons (Fsp3) is 0.182. The summed E-state index contributed by atoms with van der Waals surface area (Å²) in [7, 11) is 0. The fourth-order valence-electron chi connectivity index (χ4n) is 9.37. The van der Waals surface area contributed by atoms with Crippen molar-refractivity contribution in [1.29, 1.82) is 0 Å². The number of imide groups is 2. The first-order valence-electron chi connectivity index (χ1n) is 18.1. The smallest absolute Gasteiger partial charge is 0.260 e. The maximum Gasteiger partial charge on any atom is 0.260 e. The van der Waals surface area contributed by atoms with E-state index in [2.05, 4.69) is 10.7 Å². The molecule has 55 heavy (non-hydrogen) atoms. The average Bonchev–Trinajstić information content (AvgIpc) is 3.57. The molecule has 5 aromatic rings. The number of hydrogen-bond donors (Lipinski definition) is 3. The molecule has 2 saturated heterocycles. The number of halogens is 2. The predicted molar refractivity (Wildman–Crippen MR) is 206 cm³/mol. The molecular formula is C44H34ClFN4O5. The lowest BCUT2D eigenvalue weighted by Crippen LogP contribution is -2.53. The van der Waals surface area contributed by atoms with Crippen LogP contribution >= 0.6 is 11.6 Å². The number of benzene rings is 5. The van der Waals surface area contributed by atoms with E-state index < -0.39 is 52.6 Å². The van der Waals surface area contributed by atoms with Gasteiger partial charge in [-0.05, 0) is 103 Å². The Kier molecular flexibility index (Phi) is 8.31. The first-order chi connectivity index (χ1) is 26.7. The molecule has 0 unspecified atom stereocenters. The average molecular weight is 753 g/mol. The number of anilines is 4. The number of amides is 4. The van der Waals surface area contributed by atoms with Gasteiger partial charge in [0.05, 0.1) is 34.5 Å². The van der Waals surface area contributed by atoms with Gasteiger partial charge < -0.3 is 10.4 Å². The highest BCUT2D eigenvalue weighted by atomic mass is 35.5. The van der Waals surface area contributed by atoms with Gasteiger partial charge in [0.15, 0.2) is 0 Å². The highest BCUT2D eigenvalue weighted by Gasteiger charge is 2.70. The lowest BCUT2D eigenvalue weighted by atomic mass is 9.49. The summed E-state index contributed by atoms with van der Waals surface area (Å²) in [6.07, 6.45) is 2.25. The van der Waals surface area contributed by atoms with Gasteiger partial charge in [-0.25, -0.2) is 4.39 Å². The summed E-state index contributed by atoms with van der Waals surface area (Å²) in [4.78, 5) is 60.1. The van der Waals surface area contributed by atoms with Crippen LogP contribution in [0.25, 0.3) is 0 Å². The Labute approximate surface area is 321 Å². The van der Waals surface area contributed by atoms with E-state index in [4.69, 9.17) is 11.6 Å². The molecule has 274 valence electrons. The van der Waals surface area contributed by atoms with E-state index in [0.29, 0.717) is 33.1 Å². The molecule has 2 aliphatic carbocycles. The van der Waals surface area contributed by atoms with Crippen LogP contribution in [0.15, 0.2) is 139 Å². The third-order valence-corrected chi connectivity index (χ3v) is 11.9. The topological polar surface area (TPSA) is 119 Å². The summed E-state index contributed by atoms with van der Waals surface area (Å²) < 4.78 is 13.9. The molecule has 0 radical (unpaired) electrons. The maximum atomic E-state index is 15.2. The second kappa shape index (κ2) is 13.2. The van der Waals surface area contributed by atoms with E-state index in [1.165, 1.54) is 35.2 Å². The minimum Gasteiger partial charge on any atom is -0.508 e.